The summed E-state index contributed by atoms with van der Waals surface area (Å²) in [7, 11) is 19.4. The van der Waals surface area contributed by atoms with Crippen LogP contribution < -0.4 is 0 Å². The van der Waals surface area contributed by atoms with Gasteiger partial charge in [0.05, 0.1) is 0 Å². The van der Waals surface area contributed by atoms with Crippen molar-refractivity contribution >= 4 is 18.6 Å². The third kappa shape index (κ3) is 23.2. The molecule has 0 aliphatic carbocycles. The first-order valence-electron chi connectivity index (χ1n) is 16.6. The van der Waals surface area contributed by atoms with Crippen molar-refractivity contribution in [2.24, 2.45) is 36.6 Å². The molecule has 0 N–H and O–H groups in total. The van der Waals surface area contributed by atoms with Crippen molar-refractivity contribution in [3.8, 4) is 0 Å². The molecule has 0 saturated heterocycles. The van der Waals surface area contributed by atoms with Gasteiger partial charge in [0.15, 0.2) is 0 Å². The molecule has 0 aliphatic rings. The van der Waals surface area contributed by atoms with Crippen LogP contribution in [0, 0.1) is 21.7 Å². The summed E-state index contributed by atoms with van der Waals surface area (Å²) in [4.78, 5) is 29.0. The molecular weight excluding hydrogens is 546 g/mol. The topological polar surface area (TPSA) is 56.5 Å². The van der Waals surface area contributed by atoms with E-state index in [-0.39, 0.29) is 21.7 Å². The summed E-state index contributed by atoms with van der Waals surface area (Å²) in [5.74, 6) is 0. The maximum absolute atomic E-state index is 5.04. The highest BCUT2D eigenvalue weighted by atomic mass is 15.2. The number of aliphatic imine (C=N–C) groups is 3. The minimum Gasteiger partial charge on any atom is -0.308 e. The first-order valence-corrected chi connectivity index (χ1v) is 16.6. The summed E-state index contributed by atoms with van der Waals surface area (Å²) in [5.41, 5.74) is -0.178. The lowest BCUT2D eigenvalue weighted by Crippen LogP contribution is -2.37. The first kappa shape index (κ1) is 42.8. The average molecular weight is 622 g/mol. The molecule has 260 valence electrons. The highest BCUT2D eigenvalue weighted by molar-refractivity contribution is 5.66. The third-order valence-electron chi connectivity index (χ3n) is 7.56. The second-order valence-electron chi connectivity index (χ2n) is 16.8. The lowest BCUT2D eigenvalue weighted by molar-refractivity contribution is 0.237. The molecule has 0 aliphatic heterocycles. The largest absolute Gasteiger partial charge is 0.308 e. The van der Waals surface area contributed by atoms with Crippen LogP contribution in [0.25, 0.3) is 0 Å². The molecule has 44 heavy (non-hydrogen) atoms. The van der Waals surface area contributed by atoms with Gasteiger partial charge in [-0.3, -0.25) is 15.0 Å². The van der Waals surface area contributed by atoms with Gasteiger partial charge in [-0.2, -0.15) is 0 Å². The van der Waals surface area contributed by atoms with Crippen LogP contribution in [0.1, 0.15) is 48.5 Å². The van der Waals surface area contributed by atoms with Gasteiger partial charge < -0.3 is 29.4 Å². The quantitative estimate of drug-likeness (QED) is 0.153. The Balaban J connectivity index is 5.62. The summed E-state index contributed by atoms with van der Waals surface area (Å²) >= 11 is 0. The fraction of sp³-hybridized carbons (Fsp3) is 0.914. The molecule has 0 spiro atoms. The van der Waals surface area contributed by atoms with E-state index < -0.39 is 0 Å². The smallest absolute Gasteiger partial charge is 0.0474 e. The van der Waals surface area contributed by atoms with Gasteiger partial charge in [0.2, 0.25) is 0 Å². The lowest BCUT2D eigenvalue weighted by atomic mass is 9.89. The molecular formula is C35H75N9. The van der Waals surface area contributed by atoms with Gasteiger partial charge in [-0.1, -0.05) is 48.5 Å². The SMILES string of the molecule is CN(C)CCN(C)CC(C)(C)C=NCC(C)(CN=CC(C)(C)CN(C)CCN(C)C)CN=CC(C)(C)CN(C)CCN(C)C. The van der Waals surface area contributed by atoms with Gasteiger partial charge in [0.25, 0.3) is 0 Å². The molecule has 9 nitrogen and oxygen atoms in total. The van der Waals surface area contributed by atoms with Crippen LogP contribution in [0.5, 0.6) is 0 Å². The second kappa shape index (κ2) is 20.1. The van der Waals surface area contributed by atoms with Crippen LogP contribution in [-0.4, -0.2) is 190 Å². The van der Waals surface area contributed by atoms with E-state index in [0.717, 1.165) is 58.9 Å². The molecule has 0 fully saturated rings. The predicted molar refractivity (Wildman–Crippen MR) is 198 cm³/mol. The van der Waals surface area contributed by atoms with E-state index in [9.17, 15) is 0 Å². The summed E-state index contributed by atoms with van der Waals surface area (Å²) in [6.07, 6.45) is 6.49. The number of hydrogen-bond donors (Lipinski definition) is 0. The Bertz CT molecular complexity index is 736. The van der Waals surface area contributed by atoms with Crippen LogP contribution >= 0.6 is 0 Å². The van der Waals surface area contributed by atoms with Crippen LogP contribution in [-0.2, 0) is 0 Å². The second-order valence-corrected chi connectivity index (χ2v) is 16.8. The molecule has 9 heteroatoms. The molecule has 0 radical (unpaired) electrons. The molecule has 0 saturated carbocycles. The zero-order valence-electron chi connectivity index (χ0n) is 32.2. The summed E-state index contributed by atoms with van der Waals surface area (Å²) in [5, 5.41) is 0. The molecule has 0 atom stereocenters. The molecule has 0 amide bonds. The highest BCUT2D eigenvalue weighted by Gasteiger charge is 2.26. The molecule has 0 bridgehead atoms. The maximum Gasteiger partial charge on any atom is 0.0474 e. The Kier molecular flexibility index (Phi) is 19.5. The number of rotatable bonds is 24. The van der Waals surface area contributed by atoms with E-state index in [1.165, 1.54) is 0 Å². The highest BCUT2D eigenvalue weighted by Crippen LogP contribution is 2.22. The van der Waals surface area contributed by atoms with Gasteiger partial charge in [-0.05, 0) is 63.4 Å². The van der Waals surface area contributed by atoms with Crippen molar-refractivity contribution in [2.45, 2.75) is 48.5 Å². The lowest BCUT2D eigenvalue weighted by Gasteiger charge is -2.30. The summed E-state index contributed by atoms with van der Waals surface area (Å²) < 4.78 is 0. The Hall–Kier alpha value is -1.23. The first-order chi connectivity index (χ1) is 20.1. The monoisotopic (exact) mass is 622 g/mol. The summed E-state index contributed by atoms with van der Waals surface area (Å²) in [6.45, 7) is 27.3. The van der Waals surface area contributed by atoms with Crippen LogP contribution in [0.4, 0.5) is 0 Å². The molecule has 0 unspecified atom stereocenters. The Morgan fingerprint density at radius 1 is 0.386 bits per heavy atom. The zero-order valence-corrected chi connectivity index (χ0v) is 32.2. The average Bonchev–Trinajstić information content (AvgIpc) is 2.83. The van der Waals surface area contributed by atoms with E-state index in [0.29, 0.717) is 19.6 Å². The van der Waals surface area contributed by atoms with Gasteiger partial charge >= 0.3 is 0 Å². The van der Waals surface area contributed by atoms with Crippen LogP contribution in [0.2, 0.25) is 0 Å². The van der Waals surface area contributed by atoms with Crippen LogP contribution in [0.3, 0.4) is 0 Å². The van der Waals surface area contributed by atoms with Gasteiger partial charge in [-0.15, -0.1) is 0 Å². The normalized spacial score (nSPS) is 15.7. The minimum atomic E-state index is -0.157. The Morgan fingerprint density at radius 3 is 0.818 bits per heavy atom. The van der Waals surface area contributed by atoms with E-state index in [1.807, 2.05) is 0 Å². The Morgan fingerprint density at radius 2 is 0.614 bits per heavy atom. The van der Waals surface area contributed by atoms with E-state index in [1.54, 1.807) is 0 Å². The third-order valence-corrected chi connectivity index (χ3v) is 7.56. The fourth-order valence-electron chi connectivity index (χ4n) is 5.25. The van der Waals surface area contributed by atoms with Gasteiger partial charge in [0.1, 0.15) is 0 Å². The molecule has 0 aromatic rings. The van der Waals surface area contributed by atoms with E-state index in [4.69, 9.17) is 15.0 Å². The Labute approximate surface area is 274 Å². The van der Waals surface area contributed by atoms with Gasteiger partial charge in [-0.25, -0.2) is 0 Å². The van der Waals surface area contributed by atoms with Crippen molar-refractivity contribution in [3.05, 3.63) is 0 Å². The minimum absolute atomic E-state index is 0.00717. The predicted octanol–water partition coefficient (Wildman–Crippen LogP) is 3.76. The maximum atomic E-state index is 5.04. The molecule has 0 rings (SSSR count). The summed E-state index contributed by atoms with van der Waals surface area (Å²) in [6, 6.07) is 0. The molecule has 0 aromatic heterocycles. The van der Waals surface area contributed by atoms with Crippen molar-refractivity contribution in [1.29, 1.82) is 0 Å². The van der Waals surface area contributed by atoms with Crippen molar-refractivity contribution in [2.75, 3.05) is 142 Å². The van der Waals surface area contributed by atoms with Crippen LogP contribution in [0.15, 0.2) is 15.0 Å². The van der Waals surface area contributed by atoms with Crippen molar-refractivity contribution < 1.29 is 0 Å². The zero-order chi connectivity index (χ0) is 34.2. The number of nitrogens with zero attached hydrogens (tertiary/aromatic N) is 9. The molecule has 0 heterocycles. The fourth-order valence-corrected chi connectivity index (χ4v) is 5.25. The van der Waals surface area contributed by atoms with Gasteiger partial charge in [0, 0.05) is 119 Å². The molecule has 0 aromatic carbocycles. The standard InChI is InChI=1S/C35H75N9/c1-32(2,29-42(14)20-17-39(8)9)23-36-26-35(7,27-37-24-33(3,4)30-43(15)21-18-40(10)11)28-38-25-34(5,6)31-44(16)22-19-41(12)13/h23-25H,17-22,26-31H2,1-16H3. The van der Waals surface area contributed by atoms with Crippen molar-refractivity contribution in [1.82, 2.24) is 29.4 Å². The number of likely N-dealkylation sites (N-methyl/N-ethyl adjacent to an activating group) is 6. The van der Waals surface area contributed by atoms with Crippen molar-refractivity contribution in [3.63, 3.8) is 0 Å². The number of hydrogen-bond acceptors (Lipinski definition) is 9. The van der Waals surface area contributed by atoms with E-state index in [2.05, 4.69) is 160 Å². The van der Waals surface area contributed by atoms with E-state index >= 15 is 0 Å².